The van der Waals surface area contributed by atoms with Gasteiger partial charge in [-0.05, 0) is 46.0 Å². The van der Waals surface area contributed by atoms with Crippen LogP contribution in [0.4, 0.5) is 4.79 Å². The number of carbonyl (C=O) groups excluding carboxylic acids is 1. The number of hydrogen-bond acceptors (Lipinski definition) is 3. The van der Waals surface area contributed by atoms with E-state index in [4.69, 9.17) is 4.74 Å². The number of amides is 1. The van der Waals surface area contributed by atoms with Crippen molar-refractivity contribution >= 4 is 12.1 Å². The summed E-state index contributed by atoms with van der Waals surface area (Å²) < 4.78 is 5.35. The maximum absolute atomic E-state index is 12.2. The molecule has 1 N–H and O–H groups in total. The Morgan fingerprint density at radius 1 is 1.44 bits per heavy atom. The molecule has 3 atom stereocenters. The average molecular weight is 255 g/mol. The molecule has 1 saturated heterocycles. The van der Waals surface area contributed by atoms with Crippen molar-refractivity contribution in [3.05, 3.63) is 0 Å². The van der Waals surface area contributed by atoms with Gasteiger partial charge in [-0.3, -0.25) is 4.90 Å². The molecule has 1 aliphatic heterocycles. The van der Waals surface area contributed by atoms with Gasteiger partial charge < -0.3 is 9.84 Å². The number of carboxylic acids is 1. The van der Waals surface area contributed by atoms with Crippen molar-refractivity contribution < 1.29 is 19.4 Å². The topological polar surface area (TPSA) is 66.8 Å². The molecule has 1 heterocycles. The average Bonchev–Trinajstić information content (AvgIpc) is 2.86. The second-order valence-electron chi connectivity index (χ2n) is 6.31. The number of ether oxygens (including phenoxy) is 1. The van der Waals surface area contributed by atoms with Gasteiger partial charge in [0.15, 0.2) is 0 Å². The quantitative estimate of drug-likeness (QED) is 0.821. The fourth-order valence-corrected chi connectivity index (χ4v) is 2.89. The Hall–Kier alpha value is -1.26. The fraction of sp³-hybridized carbons (Fsp3) is 0.846. The van der Waals surface area contributed by atoms with Crippen LogP contribution in [0.15, 0.2) is 0 Å². The van der Waals surface area contributed by atoms with Gasteiger partial charge in [0, 0.05) is 6.04 Å². The van der Waals surface area contributed by atoms with E-state index >= 15 is 0 Å². The van der Waals surface area contributed by atoms with Crippen LogP contribution in [0, 0.1) is 5.92 Å². The highest BCUT2D eigenvalue weighted by Gasteiger charge is 2.65. The molecule has 0 aromatic carbocycles. The zero-order valence-electron chi connectivity index (χ0n) is 11.4. The summed E-state index contributed by atoms with van der Waals surface area (Å²) in [5, 5.41) is 9.47. The van der Waals surface area contributed by atoms with Crippen LogP contribution in [0.25, 0.3) is 0 Å². The molecule has 1 amide bonds. The smallest absolute Gasteiger partial charge is 0.411 e. The van der Waals surface area contributed by atoms with E-state index in [1.54, 1.807) is 20.8 Å². The van der Waals surface area contributed by atoms with Gasteiger partial charge in [-0.15, -0.1) is 0 Å². The van der Waals surface area contributed by atoms with E-state index in [0.717, 1.165) is 6.42 Å². The van der Waals surface area contributed by atoms with E-state index in [-0.39, 0.29) is 6.04 Å². The minimum absolute atomic E-state index is 0.0656. The molecule has 0 aromatic heterocycles. The van der Waals surface area contributed by atoms with Crippen molar-refractivity contribution in [2.75, 3.05) is 0 Å². The normalized spacial score (nSPS) is 34.1. The zero-order chi connectivity index (χ0) is 13.7. The van der Waals surface area contributed by atoms with Gasteiger partial charge in [0.25, 0.3) is 0 Å². The molecule has 1 saturated carbocycles. The van der Waals surface area contributed by atoms with Gasteiger partial charge in [-0.25, -0.2) is 9.59 Å². The van der Waals surface area contributed by atoms with E-state index in [1.165, 1.54) is 4.90 Å². The molecular formula is C13H21NO4. The van der Waals surface area contributed by atoms with Crippen molar-refractivity contribution in [2.45, 2.75) is 64.1 Å². The number of fused-ring (bicyclic) bond motifs is 1. The van der Waals surface area contributed by atoms with Gasteiger partial charge in [0.1, 0.15) is 11.1 Å². The van der Waals surface area contributed by atoms with Crippen LogP contribution < -0.4 is 0 Å². The highest BCUT2D eigenvalue weighted by atomic mass is 16.6. The Labute approximate surface area is 107 Å². The third kappa shape index (κ3) is 1.95. The first-order chi connectivity index (χ1) is 8.21. The van der Waals surface area contributed by atoms with E-state index in [2.05, 4.69) is 0 Å². The summed E-state index contributed by atoms with van der Waals surface area (Å²) in [4.78, 5) is 25.2. The van der Waals surface area contributed by atoms with Crippen LogP contribution in [0.2, 0.25) is 0 Å². The number of aliphatic carboxylic acids is 1. The van der Waals surface area contributed by atoms with Crippen molar-refractivity contribution in [1.82, 2.24) is 4.90 Å². The summed E-state index contributed by atoms with van der Waals surface area (Å²) in [5.74, 6) is -0.573. The van der Waals surface area contributed by atoms with Crippen LogP contribution in [0.3, 0.4) is 0 Å². The van der Waals surface area contributed by atoms with Crippen LogP contribution in [0.5, 0.6) is 0 Å². The van der Waals surface area contributed by atoms with Crippen molar-refractivity contribution in [1.29, 1.82) is 0 Å². The predicted molar refractivity (Wildman–Crippen MR) is 65.2 cm³/mol. The number of piperidine rings is 1. The van der Waals surface area contributed by atoms with E-state index in [0.29, 0.717) is 18.8 Å². The Balaban J connectivity index is 2.23. The lowest BCUT2D eigenvalue weighted by Gasteiger charge is -2.37. The van der Waals surface area contributed by atoms with Crippen molar-refractivity contribution in [3.63, 3.8) is 0 Å². The number of likely N-dealkylation sites (tertiary alicyclic amines) is 1. The van der Waals surface area contributed by atoms with Gasteiger partial charge in [0.05, 0.1) is 0 Å². The van der Waals surface area contributed by atoms with Gasteiger partial charge in [-0.2, -0.15) is 0 Å². The van der Waals surface area contributed by atoms with Gasteiger partial charge in [-0.1, -0.05) is 6.92 Å². The SMILES string of the molecule is CCC1(C(=O)O)CC2CC2N1C(=O)OC(C)(C)C. The minimum atomic E-state index is -1.06. The summed E-state index contributed by atoms with van der Waals surface area (Å²) in [6.45, 7) is 7.19. The first-order valence-corrected chi connectivity index (χ1v) is 6.47. The highest BCUT2D eigenvalue weighted by molar-refractivity contribution is 5.86. The van der Waals surface area contributed by atoms with Crippen molar-refractivity contribution in [3.8, 4) is 0 Å². The van der Waals surface area contributed by atoms with Gasteiger partial charge >= 0.3 is 12.1 Å². The maximum Gasteiger partial charge on any atom is 0.411 e. The molecule has 0 spiro atoms. The second-order valence-corrected chi connectivity index (χ2v) is 6.31. The first-order valence-electron chi connectivity index (χ1n) is 6.47. The van der Waals surface area contributed by atoms with Crippen LogP contribution >= 0.6 is 0 Å². The molecule has 3 unspecified atom stereocenters. The van der Waals surface area contributed by atoms with Gasteiger partial charge in [0.2, 0.25) is 0 Å². The fourth-order valence-electron chi connectivity index (χ4n) is 2.89. The van der Waals surface area contributed by atoms with E-state index < -0.39 is 23.2 Å². The van der Waals surface area contributed by atoms with E-state index in [9.17, 15) is 14.7 Å². The number of nitrogens with zero attached hydrogens (tertiary/aromatic N) is 1. The third-order valence-electron chi connectivity index (χ3n) is 3.85. The Bertz CT molecular complexity index is 387. The lowest BCUT2D eigenvalue weighted by atomic mass is 9.91. The molecule has 18 heavy (non-hydrogen) atoms. The molecule has 1 aliphatic carbocycles. The molecule has 2 rings (SSSR count). The Kier molecular flexibility index (Phi) is 2.83. The Morgan fingerprint density at radius 2 is 2.06 bits per heavy atom. The lowest BCUT2D eigenvalue weighted by molar-refractivity contribution is -0.150. The summed E-state index contributed by atoms with van der Waals surface area (Å²) >= 11 is 0. The first kappa shape index (κ1) is 13.2. The van der Waals surface area contributed by atoms with Crippen LogP contribution in [-0.2, 0) is 9.53 Å². The zero-order valence-corrected chi connectivity index (χ0v) is 11.4. The molecule has 0 radical (unpaired) electrons. The minimum Gasteiger partial charge on any atom is -0.479 e. The lowest BCUT2D eigenvalue weighted by Crippen LogP contribution is -2.55. The van der Waals surface area contributed by atoms with E-state index in [1.807, 2.05) is 6.92 Å². The number of rotatable bonds is 2. The second kappa shape index (κ2) is 3.87. The van der Waals surface area contributed by atoms with Crippen molar-refractivity contribution in [2.24, 2.45) is 5.92 Å². The maximum atomic E-state index is 12.2. The number of carboxylic acid groups (broad SMARTS) is 1. The largest absolute Gasteiger partial charge is 0.479 e. The third-order valence-corrected chi connectivity index (χ3v) is 3.85. The summed E-state index contributed by atoms with van der Waals surface area (Å²) in [7, 11) is 0. The Morgan fingerprint density at radius 3 is 2.50 bits per heavy atom. The molecule has 5 heteroatoms. The summed E-state index contributed by atoms with van der Waals surface area (Å²) in [6.07, 6.45) is 1.41. The highest BCUT2D eigenvalue weighted by Crippen LogP contribution is 2.54. The molecule has 102 valence electrons. The summed E-state index contributed by atoms with van der Waals surface area (Å²) in [5.41, 5.74) is -1.65. The molecule has 2 aliphatic rings. The molecular weight excluding hydrogens is 234 g/mol. The number of carbonyl (C=O) groups is 2. The molecule has 2 fully saturated rings. The van der Waals surface area contributed by atoms with Crippen LogP contribution in [0.1, 0.15) is 47.0 Å². The standard InChI is InChI=1S/C13H21NO4/c1-5-13(10(15)16)7-8-6-9(8)14(13)11(17)18-12(2,3)4/h8-9H,5-7H2,1-4H3,(H,15,16). The molecule has 0 bridgehead atoms. The summed E-state index contributed by atoms with van der Waals surface area (Å²) in [6, 6.07) is 0.0656. The van der Waals surface area contributed by atoms with Crippen LogP contribution in [-0.4, -0.2) is 39.3 Å². The predicted octanol–water partition coefficient (Wildman–Crippen LogP) is 2.25. The molecule has 5 nitrogen and oxygen atoms in total. The molecule has 0 aromatic rings. The monoisotopic (exact) mass is 255 g/mol. The number of hydrogen-bond donors (Lipinski definition) is 1.